The molecule has 0 atom stereocenters. The lowest BCUT2D eigenvalue weighted by atomic mass is 10.1. The highest BCUT2D eigenvalue weighted by Gasteiger charge is 2.10. The van der Waals surface area contributed by atoms with Crippen LogP contribution in [-0.2, 0) is 16.7 Å². The van der Waals surface area contributed by atoms with E-state index in [2.05, 4.69) is 43.0 Å². The maximum atomic E-state index is 10.9. The summed E-state index contributed by atoms with van der Waals surface area (Å²) in [6.07, 6.45) is 6.33. The standard InChI is InChI=1S/C20H26N2O3S/c1-3-21(4-2)20-13-10-18(11-14-20)9-12-19-8-5-6-15-22(19)16-7-17-26(23,24)25/h5-6,8-15H,3-4,7,16-17H2,1-2H3/p+1. The number of hydrogen-bond acceptors (Lipinski definition) is 3. The second-order valence-corrected chi connectivity index (χ2v) is 7.63. The van der Waals surface area contributed by atoms with E-state index in [0.717, 1.165) is 24.3 Å². The van der Waals surface area contributed by atoms with Gasteiger partial charge in [0, 0.05) is 43.4 Å². The third kappa shape index (κ3) is 6.28. The number of pyridine rings is 1. The van der Waals surface area contributed by atoms with Crippen molar-refractivity contribution in [2.75, 3.05) is 23.7 Å². The molecule has 140 valence electrons. The third-order valence-electron chi connectivity index (χ3n) is 4.25. The summed E-state index contributed by atoms with van der Waals surface area (Å²) in [5, 5.41) is 0. The zero-order valence-electron chi connectivity index (χ0n) is 15.4. The summed E-state index contributed by atoms with van der Waals surface area (Å²) >= 11 is 0. The Bertz CT molecular complexity index is 826. The summed E-state index contributed by atoms with van der Waals surface area (Å²) in [5.41, 5.74) is 3.30. The van der Waals surface area contributed by atoms with Gasteiger partial charge in [-0.2, -0.15) is 13.0 Å². The Hall–Kier alpha value is -2.18. The molecule has 2 rings (SSSR count). The molecular formula is C20H27N2O3S+. The van der Waals surface area contributed by atoms with Gasteiger partial charge in [0.05, 0.1) is 5.75 Å². The summed E-state index contributed by atoms with van der Waals surface area (Å²) in [7, 11) is -3.91. The second-order valence-electron chi connectivity index (χ2n) is 6.06. The molecular weight excluding hydrogens is 348 g/mol. The van der Waals surface area contributed by atoms with Gasteiger partial charge in [0.1, 0.15) is 6.54 Å². The minimum absolute atomic E-state index is 0.231. The van der Waals surface area contributed by atoms with Gasteiger partial charge in [-0.3, -0.25) is 4.55 Å². The first-order chi connectivity index (χ1) is 12.4. The van der Waals surface area contributed by atoms with Gasteiger partial charge in [0.2, 0.25) is 5.69 Å². The molecule has 5 nitrogen and oxygen atoms in total. The Kier molecular flexibility index (Phi) is 7.36. The summed E-state index contributed by atoms with van der Waals surface area (Å²) in [4.78, 5) is 2.30. The SMILES string of the molecule is CCN(CC)c1ccc(/C=C/c2cccc[n+]2CCCS(=O)(=O)O)cc1. The van der Waals surface area contributed by atoms with Crippen LogP contribution in [0.25, 0.3) is 12.2 Å². The quantitative estimate of drug-likeness (QED) is 0.540. The highest BCUT2D eigenvalue weighted by molar-refractivity contribution is 7.85. The van der Waals surface area contributed by atoms with Crippen LogP contribution in [-0.4, -0.2) is 31.8 Å². The molecule has 0 fully saturated rings. The van der Waals surface area contributed by atoms with E-state index in [9.17, 15) is 8.42 Å². The van der Waals surface area contributed by atoms with Crippen LogP contribution in [0.4, 0.5) is 5.69 Å². The van der Waals surface area contributed by atoms with Crippen molar-refractivity contribution in [3.8, 4) is 0 Å². The average molecular weight is 376 g/mol. The Balaban J connectivity index is 2.08. The molecule has 0 amide bonds. The molecule has 0 aliphatic heterocycles. The van der Waals surface area contributed by atoms with Gasteiger partial charge in [-0.15, -0.1) is 0 Å². The molecule has 0 aliphatic carbocycles. The topological polar surface area (TPSA) is 61.5 Å². The molecule has 0 saturated carbocycles. The highest BCUT2D eigenvalue weighted by atomic mass is 32.2. The fourth-order valence-electron chi connectivity index (χ4n) is 2.83. The Morgan fingerprint density at radius 3 is 2.35 bits per heavy atom. The Morgan fingerprint density at radius 2 is 1.73 bits per heavy atom. The van der Waals surface area contributed by atoms with E-state index < -0.39 is 10.1 Å². The van der Waals surface area contributed by atoms with Crippen LogP contribution in [0.15, 0.2) is 48.7 Å². The third-order valence-corrected chi connectivity index (χ3v) is 5.05. The number of anilines is 1. The molecule has 0 spiro atoms. The van der Waals surface area contributed by atoms with Crippen LogP contribution >= 0.6 is 0 Å². The van der Waals surface area contributed by atoms with Crippen molar-refractivity contribution in [1.82, 2.24) is 0 Å². The number of benzene rings is 1. The van der Waals surface area contributed by atoms with Gasteiger partial charge in [0.15, 0.2) is 6.20 Å². The van der Waals surface area contributed by atoms with Gasteiger partial charge in [-0.1, -0.05) is 12.1 Å². The predicted octanol–water partition coefficient (Wildman–Crippen LogP) is 3.27. The van der Waals surface area contributed by atoms with Crippen molar-refractivity contribution in [2.45, 2.75) is 26.8 Å². The fourth-order valence-corrected chi connectivity index (χ4v) is 3.32. The number of aryl methyl sites for hydroxylation is 1. The van der Waals surface area contributed by atoms with Crippen LogP contribution in [0.1, 0.15) is 31.5 Å². The van der Waals surface area contributed by atoms with Gasteiger partial charge in [-0.05, 0) is 43.7 Å². The maximum Gasteiger partial charge on any atom is 0.265 e. The number of hydrogen-bond donors (Lipinski definition) is 1. The Morgan fingerprint density at radius 1 is 1.04 bits per heavy atom. The second kappa shape index (κ2) is 9.50. The first-order valence-electron chi connectivity index (χ1n) is 8.89. The van der Waals surface area contributed by atoms with Crippen LogP contribution in [0.5, 0.6) is 0 Å². The minimum Gasteiger partial charge on any atom is -0.372 e. The summed E-state index contributed by atoms with van der Waals surface area (Å²) in [5.74, 6) is -0.231. The number of aromatic nitrogens is 1. The molecule has 26 heavy (non-hydrogen) atoms. The Labute approximate surface area is 156 Å². The van der Waals surface area contributed by atoms with E-state index in [1.807, 2.05) is 41.1 Å². The van der Waals surface area contributed by atoms with Gasteiger partial charge >= 0.3 is 0 Å². The number of rotatable bonds is 9. The smallest absolute Gasteiger partial charge is 0.265 e. The van der Waals surface area contributed by atoms with Crippen LogP contribution in [0.3, 0.4) is 0 Å². The van der Waals surface area contributed by atoms with Crippen molar-refractivity contribution in [2.24, 2.45) is 0 Å². The predicted molar refractivity (Wildman–Crippen MR) is 107 cm³/mol. The molecule has 6 heteroatoms. The molecule has 0 saturated heterocycles. The van der Waals surface area contributed by atoms with E-state index in [1.54, 1.807) is 0 Å². The molecule has 1 N–H and O–H groups in total. The van der Waals surface area contributed by atoms with Gasteiger partial charge in [-0.25, -0.2) is 0 Å². The van der Waals surface area contributed by atoms with Crippen LogP contribution in [0, 0.1) is 0 Å². The largest absolute Gasteiger partial charge is 0.372 e. The summed E-state index contributed by atoms with van der Waals surface area (Å²) < 4.78 is 32.6. The van der Waals surface area contributed by atoms with E-state index >= 15 is 0 Å². The minimum atomic E-state index is -3.91. The zero-order valence-corrected chi connectivity index (χ0v) is 16.2. The van der Waals surface area contributed by atoms with Crippen LogP contribution in [0.2, 0.25) is 0 Å². The van der Waals surface area contributed by atoms with Gasteiger partial charge in [0.25, 0.3) is 10.1 Å². The van der Waals surface area contributed by atoms with E-state index in [4.69, 9.17) is 4.55 Å². The van der Waals surface area contributed by atoms with Gasteiger partial charge < -0.3 is 4.90 Å². The fraction of sp³-hybridized carbons (Fsp3) is 0.350. The monoisotopic (exact) mass is 375 g/mol. The van der Waals surface area contributed by atoms with E-state index in [-0.39, 0.29) is 5.75 Å². The highest BCUT2D eigenvalue weighted by Crippen LogP contribution is 2.16. The average Bonchev–Trinajstić information content (AvgIpc) is 2.62. The normalized spacial score (nSPS) is 11.8. The first-order valence-corrected chi connectivity index (χ1v) is 10.5. The van der Waals surface area contributed by atoms with Crippen molar-refractivity contribution in [1.29, 1.82) is 0 Å². The van der Waals surface area contributed by atoms with E-state index in [0.29, 0.717) is 13.0 Å². The molecule has 2 aromatic rings. The molecule has 1 heterocycles. The lowest BCUT2D eigenvalue weighted by Crippen LogP contribution is -2.37. The molecule has 1 aromatic heterocycles. The zero-order chi connectivity index (χ0) is 19.0. The number of nitrogens with zero attached hydrogens (tertiary/aromatic N) is 2. The molecule has 0 bridgehead atoms. The van der Waals surface area contributed by atoms with Crippen molar-refractivity contribution in [3.63, 3.8) is 0 Å². The molecule has 0 aliphatic rings. The summed E-state index contributed by atoms with van der Waals surface area (Å²) in [6.45, 7) is 6.79. The van der Waals surface area contributed by atoms with Crippen molar-refractivity contribution >= 4 is 28.0 Å². The lowest BCUT2D eigenvalue weighted by molar-refractivity contribution is -0.698. The lowest BCUT2D eigenvalue weighted by Gasteiger charge is -2.20. The van der Waals surface area contributed by atoms with Crippen molar-refractivity contribution in [3.05, 3.63) is 59.9 Å². The maximum absolute atomic E-state index is 10.9. The van der Waals surface area contributed by atoms with E-state index in [1.165, 1.54) is 5.69 Å². The molecule has 0 radical (unpaired) electrons. The van der Waals surface area contributed by atoms with Crippen molar-refractivity contribution < 1.29 is 17.5 Å². The molecule has 0 unspecified atom stereocenters. The molecule has 1 aromatic carbocycles. The first kappa shape index (κ1) is 20.1. The summed E-state index contributed by atoms with van der Waals surface area (Å²) in [6, 6.07) is 14.3. The van der Waals surface area contributed by atoms with Crippen LogP contribution < -0.4 is 9.47 Å².